The Kier molecular flexibility index (Phi) is 5.39. The zero-order valence-electron chi connectivity index (χ0n) is 14.4. The second-order valence-corrected chi connectivity index (χ2v) is 5.94. The van der Waals surface area contributed by atoms with Gasteiger partial charge in [0.2, 0.25) is 0 Å². The third-order valence-corrected chi connectivity index (χ3v) is 3.89. The fraction of sp³-hybridized carbons (Fsp3) is 0.0952. The van der Waals surface area contributed by atoms with Crippen molar-refractivity contribution in [2.75, 3.05) is 5.32 Å². The van der Waals surface area contributed by atoms with Crippen LogP contribution in [0, 0.1) is 6.92 Å². The minimum absolute atomic E-state index is 0.176. The molecule has 0 spiro atoms. The maximum atomic E-state index is 12.2. The minimum atomic E-state index is -0.182. The second kappa shape index (κ2) is 8.07. The molecule has 2 aromatic carbocycles. The van der Waals surface area contributed by atoms with Crippen molar-refractivity contribution in [3.63, 3.8) is 0 Å². The lowest BCUT2D eigenvalue weighted by Gasteiger charge is -2.08. The molecule has 3 aromatic rings. The summed E-state index contributed by atoms with van der Waals surface area (Å²) in [6, 6.07) is 17.9. The van der Waals surface area contributed by atoms with Gasteiger partial charge in [-0.05, 0) is 55.0 Å². The maximum Gasteiger partial charge on any atom is 0.255 e. The minimum Gasteiger partial charge on any atom is -0.348 e. The first-order valence-corrected chi connectivity index (χ1v) is 8.27. The van der Waals surface area contributed by atoms with Crippen molar-refractivity contribution < 1.29 is 9.59 Å². The number of nitrogens with zero attached hydrogens (tertiary/aromatic N) is 1. The maximum absolute atomic E-state index is 12.2. The first-order chi connectivity index (χ1) is 12.6. The molecule has 0 radical (unpaired) electrons. The molecule has 0 aliphatic heterocycles. The highest BCUT2D eigenvalue weighted by Crippen LogP contribution is 2.12. The number of aryl methyl sites for hydroxylation is 1. The average molecular weight is 345 g/mol. The predicted molar refractivity (Wildman–Crippen MR) is 101 cm³/mol. The molecule has 0 unspecified atom stereocenters. The van der Waals surface area contributed by atoms with E-state index in [-0.39, 0.29) is 11.8 Å². The number of pyridine rings is 1. The molecule has 2 amide bonds. The van der Waals surface area contributed by atoms with Gasteiger partial charge in [0.25, 0.3) is 11.8 Å². The summed E-state index contributed by atoms with van der Waals surface area (Å²) in [7, 11) is 0. The van der Waals surface area contributed by atoms with Gasteiger partial charge >= 0.3 is 0 Å². The van der Waals surface area contributed by atoms with Crippen molar-refractivity contribution >= 4 is 17.5 Å². The first kappa shape index (κ1) is 17.4. The van der Waals surface area contributed by atoms with Gasteiger partial charge in [-0.2, -0.15) is 0 Å². The Morgan fingerprint density at radius 1 is 0.885 bits per heavy atom. The van der Waals surface area contributed by atoms with E-state index in [4.69, 9.17) is 0 Å². The van der Waals surface area contributed by atoms with Crippen LogP contribution in [0.3, 0.4) is 0 Å². The number of amides is 2. The number of nitrogens with one attached hydrogen (secondary N) is 2. The van der Waals surface area contributed by atoms with Gasteiger partial charge in [0.05, 0.1) is 0 Å². The van der Waals surface area contributed by atoms with Gasteiger partial charge in [0, 0.05) is 35.8 Å². The van der Waals surface area contributed by atoms with Crippen LogP contribution in [-0.4, -0.2) is 16.8 Å². The van der Waals surface area contributed by atoms with Crippen molar-refractivity contribution in [1.29, 1.82) is 0 Å². The predicted octanol–water partition coefficient (Wildman–Crippen LogP) is 3.57. The van der Waals surface area contributed by atoms with Crippen LogP contribution in [0.2, 0.25) is 0 Å². The Hall–Kier alpha value is -3.47. The van der Waals surface area contributed by atoms with E-state index in [1.807, 2.05) is 31.2 Å². The van der Waals surface area contributed by atoms with Crippen molar-refractivity contribution in [3.8, 4) is 0 Å². The molecule has 1 heterocycles. The molecule has 0 aliphatic carbocycles. The molecule has 130 valence electrons. The van der Waals surface area contributed by atoms with E-state index in [2.05, 4.69) is 15.6 Å². The quantitative estimate of drug-likeness (QED) is 0.742. The number of aromatic nitrogens is 1. The molecule has 26 heavy (non-hydrogen) atoms. The molecule has 0 atom stereocenters. The van der Waals surface area contributed by atoms with Crippen molar-refractivity contribution in [2.45, 2.75) is 13.5 Å². The smallest absolute Gasteiger partial charge is 0.255 e. The van der Waals surface area contributed by atoms with Crippen LogP contribution in [0.1, 0.15) is 31.8 Å². The molecule has 5 nitrogen and oxygen atoms in total. The van der Waals surface area contributed by atoms with Crippen LogP contribution in [0.25, 0.3) is 0 Å². The number of benzene rings is 2. The summed E-state index contributed by atoms with van der Waals surface area (Å²) < 4.78 is 0. The van der Waals surface area contributed by atoms with Crippen molar-refractivity contribution in [1.82, 2.24) is 10.3 Å². The zero-order valence-corrected chi connectivity index (χ0v) is 14.4. The molecule has 0 saturated carbocycles. The normalized spacial score (nSPS) is 10.2. The van der Waals surface area contributed by atoms with Gasteiger partial charge in [-0.1, -0.05) is 23.8 Å². The summed E-state index contributed by atoms with van der Waals surface area (Å²) in [5, 5.41) is 5.66. The second-order valence-electron chi connectivity index (χ2n) is 5.94. The Morgan fingerprint density at radius 3 is 2.19 bits per heavy atom. The summed E-state index contributed by atoms with van der Waals surface area (Å²) >= 11 is 0. The molecule has 0 aliphatic rings. The third kappa shape index (κ3) is 4.54. The molecular weight excluding hydrogens is 326 g/mol. The van der Waals surface area contributed by atoms with E-state index in [1.165, 1.54) is 0 Å². The summed E-state index contributed by atoms with van der Waals surface area (Å²) in [5.74, 6) is -0.357. The lowest BCUT2D eigenvalue weighted by atomic mass is 10.1. The summed E-state index contributed by atoms with van der Waals surface area (Å²) in [4.78, 5) is 28.4. The Morgan fingerprint density at radius 2 is 1.54 bits per heavy atom. The van der Waals surface area contributed by atoms with Crippen LogP contribution < -0.4 is 10.6 Å². The largest absolute Gasteiger partial charge is 0.348 e. The molecule has 2 N–H and O–H groups in total. The number of carbonyl (C=O) groups excluding carboxylic acids is 2. The van der Waals surface area contributed by atoms with Gasteiger partial charge in [0.15, 0.2) is 0 Å². The Labute approximate surface area is 152 Å². The fourth-order valence-electron chi connectivity index (χ4n) is 2.40. The topological polar surface area (TPSA) is 71.1 Å². The highest BCUT2D eigenvalue weighted by atomic mass is 16.2. The van der Waals surface area contributed by atoms with Crippen LogP contribution in [0.5, 0.6) is 0 Å². The number of hydrogen-bond donors (Lipinski definition) is 2. The summed E-state index contributed by atoms with van der Waals surface area (Å²) in [6.07, 6.45) is 3.40. The highest BCUT2D eigenvalue weighted by molar-refractivity contribution is 6.04. The highest BCUT2D eigenvalue weighted by Gasteiger charge is 2.08. The van der Waals surface area contributed by atoms with E-state index in [1.54, 1.807) is 48.8 Å². The van der Waals surface area contributed by atoms with Crippen LogP contribution >= 0.6 is 0 Å². The fourth-order valence-corrected chi connectivity index (χ4v) is 2.40. The van der Waals surface area contributed by atoms with E-state index in [9.17, 15) is 9.59 Å². The van der Waals surface area contributed by atoms with Crippen molar-refractivity contribution in [3.05, 3.63) is 95.3 Å². The molecule has 0 bridgehead atoms. The number of hydrogen-bond acceptors (Lipinski definition) is 3. The SMILES string of the molecule is Cc1ccc(C(=O)Nc2ccc(C(=O)NCc3cccnc3)cc2)cc1. The molecule has 1 aromatic heterocycles. The molecule has 5 heteroatoms. The molecular formula is C21H19N3O2. The van der Waals surface area contributed by atoms with Crippen molar-refractivity contribution in [2.24, 2.45) is 0 Å². The molecule has 0 fully saturated rings. The monoisotopic (exact) mass is 345 g/mol. The number of carbonyl (C=O) groups is 2. The Bertz CT molecular complexity index is 889. The Balaban J connectivity index is 1.58. The molecule has 0 saturated heterocycles. The summed E-state index contributed by atoms with van der Waals surface area (Å²) in [5.41, 5.74) is 3.79. The average Bonchev–Trinajstić information content (AvgIpc) is 2.68. The van der Waals surface area contributed by atoms with E-state index in [0.29, 0.717) is 23.4 Å². The van der Waals surface area contributed by atoms with Crippen LogP contribution in [0.4, 0.5) is 5.69 Å². The summed E-state index contributed by atoms with van der Waals surface area (Å²) in [6.45, 7) is 2.39. The zero-order chi connectivity index (χ0) is 18.4. The number of rotatable bonds is 5. The van der Waals surface area contributed by atoms with Crippen LogP contribution in [0.15, 0.2) is 73.1 Å². The van der Waals surface area contributed by atoms with Gasteiger partial charge in [-0.25, -0.2) is 0 Å². The van der Waals surface area contributed by atoms with Gasteiger partial charge in [-0.3, -0.25) is 14.6 Å². The lowest BCUT2D eigenvalue weighted by molar-refractivity contribution is 0.0950. The van der Waals surface area contributed by atoms with E-state index < -0.39 is 0 Å². The van der Waals surface area contributed by atoms with Gasteiger partial charge in [0.1, 0.15) is 0 Å². The van der Waals surface area contributed by atoms with Gasteiger partial charge < -0.3 is 10.6 Å². The van der Waals surface area contributed by atoms with Crippen LogP contribution in [-0.2, 0) is 6.54 Å². The lowest BCUT2D eigenvalue weighted by Crippen LogP contribution is -2.22. The third-order valence-electron chi connectivity index (χ3n) is 3.89. The first-order valence-electron chi connectivity index (χ1n) is 8.27. The number of anilines is 1. The van der Waals surface area contributed by atoms with E-state index in [0.717, 1.165) is 11.1 Å². The standard InChI is InChI=1S/C21H19N3O2/c1-15-4-6-18(7-5-15)21(26)24-19-10-8-17(9-11-19)20(25)23-14-16-3-2-12-22-13-16/h2-13H,14H2,1H3,(H,23,25)(H,24,26). The van der Waals surface area contributed by atoms with E-state index >= 15 is 0 Å². The molecule has 3 rings (SSSR count). The van der Waals surface area contributed by atoms with Gasteiger partial charge in [-0.15, -0.1) is 0 Å².